The summed E-state index contributed by atoms with van der Waals surface area (Å²) in [5, 5.41) is 10.9. The number of hydrogen-bond acceptors (Lipinski definition) is 5. The standard InChI is InChI=1S/C13H12N2O4P/c14-11-6-7-12(15(16)17)13(8-11)20(18)19-9-10-4-2-1-3-5-10/h1-8H,9,14H2/q+1. The summed E-state index contributed by atoms with van der Waals surface area (Å²) in [7, 11) is -2.34. The van der Waals surface area contributed by atoms with Crippen LogP contribution in [0, 0.1) is 10.1 Å². The average Bonchev–Trinajstić information content (AvgIpc) is 2.45. The van der Waals surface area contributed by atoms with Crippen molar-refractivity contribution in [2.24, 2.45) is 0 Å². The highest BCUT2D eigenvalue weighted by Gasteiger charge is 2.33. The molecule has 0 spiro atoms. The molecule has 1 unspecified atom stereocenters. The number of nitrogens with zero attached hydrogens (tertiary/aromatic N) is 1. The first kappa shape index (κ1) is 14.1. The van der Waals surface area contributed by atoms with Gasteiger partial charge in [0.1, 0.15) is 6.61 Å². The van der Waals surface area contributed by atoms with Gasteiger partial charge in [0, 0.05) is 17.8 Å². The molecule has 2 aromatic rings. The molecule has 2 aromatic carbocycles. The van der Waals surface area contributed by atoms with Gasteiger partial charge in [0.05, 0.1) is 4.92 Å². The van der Waals surface area contributed by atoms with Crippen molar-refractivity contribution < 1.29 is 14.0 Å². The van der Waals surface area contributed by atoms with Crippen LogP contribution >= 0.6 is 8.03 Å². The SMILES string of the molecule is Nc1ccc([N+](=O)[O-])c([P+](=O)OCc2ccccc2)c1. The summed E-state index contributed by atoms with van der Waals surface area (Å²) < 4.78 is 17.3. The molecule has 0 aromatic heterocycles. The van der Waals surface area contributed by atoms with Crippen LogP contribution in [0.4, 0.5) is 11.4 Å². The summed E-state index contributed by atoms with van der Waals surface area (Å²) in [5.41, 5.74) is 6.45. The Morgan fingerprint density at radius 2 is 1.90 bits per heavy atom. The molecule has 7 heteroatoms. The smallest absolute Gasteiger partial charge is 0.399 e. The minimum atomic E-state index is -2.34. The van der Waals surface area contributed by atoms with E-state index in [0.717, 1.165) is 5.56 Å². The molecule has 1 atom stereocenters. The minimum Gasteiger partial charge on any atom is -0.399 e. The van der Waals surface area contributed by atoms with E-state index in [4.69, 9.17) is 10.3 Å². The summed E-state index contributed by atoms with van der Waals surface area (Å²) >= 11 is 0. The van der Waals surface area contributed by atoms with Gasteiger partial charge in [-0.1, -0.05) is 30.3 Å². The largest absolute Gasteiger partial charge is 0.556 e. The molecular weight excluding hydrogens is 279 g/mol. The lowest BCUT2D eigenvalue weighted by Gasteiger charge is -1.96. The highest BCUT2D eigenvalue weighted by molar-refractivity contribution is 7.48. The lowest BCUT2D eigenvalue weighted by atomic mass is 10.2. The number of hydrogen-bond donors (Lipinski definition) is 1. The van der Waals surface area contributed by atoms with E-state index in [2.05, 4.69) is 0 Å². The highest BCUT2D eigenvalue weighted by atomic mass is 31.1. The van der Waals surface area contributed by atoms with Crippen LogP contribution in [0.1, 0.15) is 5.56 Å². The molecule has 20 heavy (non-hydrogen) atoms. The molecule has 0 saturated heterocycles. The van der Waals surface area contributed by atoms with Gasteiger partial charge in [-0.25, -0.2) is 0 Å². The average molecular weight is 291 g/mol. The molecule has 0 heterocycles. The van der Waals surface area contributed by atoms with E-state index in [1.807, 2.05) is 30.3 Å². The van der Waals surface area contributed by atoms with Crippen LogP contribution in [0.2, 0.25) is 0 Å². The molecule has 0 bridgehead atoms. The van der Waals surface area contributed by atoms with Gasteiger partial charge >= 0.3 is 19.0 Å². The quantitative estimate of drug-likeness (QED) is 0.395. The fourth-order valence-electron chi connectivity index (χ4n) is 1.62. The van der Waals surface area contributed by atoms with Gasteiger partial charge in [-0.3, -0.25) is 10.1 Å². The second-order valence-electron chi connectivity index (χ2n) is 4.02. The summed E-state index contributed by atoms with van der Waals surface area (Å²) in [6.45, 7) is 0.113. The second kappa shape index (κ2) is 6.23. The molecular formula is C13H12N2O4P+. The zero-order valence-electron chi connectivity index (χ0n) is 10.4. The van der Waals surface area contributed by atoms with Crippen molar-refractivity contribution in [3.63, 3.8) is 0 Å². The Hall–Kier alpha value is -2.30. The molecule has 2 rings (SSSR count). The lowest BCUT2D eigenvalue weighted by molar-refractivity contribution is -0.383. The summed E-state index contributed by atoms with van der Waals surface area (Å²) in [5.74, 6) is 0. The van der Waals surface area contributed by atoms with Crippen molar-refractivity contribution in [3.8, 4) is 0 Å². The van der Waals surface area contributed by atoms with E-state index in [9.17, 15) is 14.7 Å². The maximum atomic E-state index is 12.1. The van der Waals surface area contributed by atoms with Crippen molar-refractivity contribution >= 4 is 24.7 Å². The van der Waals surface area contributed by atoms with Gasteiger partial charge in [-0.15, -0.1) is 4.52 Å². The van der Waals surface area contributed by atoms with E-state index < -0.39 is 13.0 Å². The Kier molecular flexibility index (Phi) is 4.40. The zero-order valence-corrected chi connectivity index (χ0v) is 11.3. The molecule has 0 aliphatic heterocycles. The minimum absolute atomic E-state index is 0.000862. The molecule has 0 aliphatic rings. The monoisotopic (exact) mass is 291 g/mol. The third-order valence-corrected chi connectivity index (χ3v) is 3.70. The van der Waals surface area contributed by atoms with Crippen molar-refractivity contribution in [3.05, 3.63) is 64.2 Å². The normalized spacial score (nSPS) is 11.1. The van der Waals surface area contributed by atoms with Crippen LogP contribution in [0.3, 0.4) is 0 Å². The van der Waals surface area contributed by atoms with Crippen molar-refractivity contribution in [2.45, 2.75) is 6.61 Å². The number of nitrogens with two attached hydrogens (primary N) is 1. The van der Waals surface area contributed by atoms with E-state index in [1.54, 1.807) is 0 Å². The first-order valence-corrected chi connectivity index (χ1v) is 6.93. The van der Waals surface area contributed by atoms with Crippen LogP contribution < -0.4 is 11.0 Å². The Morgan fingerprint density at radius 1 is 1.20 bits per heavy atom. The summed E-state index contributed by atoms with van der Waals surface area (Å²) in [6.07, 6.45) is 0. The Bertz CT molecular complexity index is 646. The molecule has 102 valence electrons. The Labute approximate surface area is 116 Å². The Balaban J connectivity index is 2.17. The lowest BCUT2D eigenvalue weighted by Crippen LogP contribution is -2.07. The predicted molar refractivity (Wildman–Crippen MR) is 76.0 cm³/mol. The number of anilines is 1. The van der Waals surface area contributed by atoms with Gasteiger partial charge in [-0.05, 0) is 16.2 Å². The molecule has 0 amide bonds. The number of nitro benzene ring substituents is 1. The molecule has 0 saturated carbocycles. The van der Waals surface area contributed by atoms with E-state index in [0.29, 0.717) is 5.69 Å². The van der Waals surface area contributed by atoms with Crippen molar-refractivity contribution in [1.29, 1.82) is 0 Å². The molecule has 2 N–H and O–H groups in total. The van der Waals surface area contributed by atoms with Gasteiger partial charge in [-0.2, -0.15) is 0 Å². The highest BCUT2D eigenvalue weighted by Crippen LogP contribution is 2.29. The Morgan fingerprint density at radius 3 is 2.55 bits per heavy atom. The predicted octanol–water partition coefficient (Wildman–Crippen LogP) is 2.76. The van der Waals surface area contributed by atoms with E-state index >= 15 is 0 Å². The van der Waals surface area contributed by atoms with Crippen LogP contribution in [-0.2, 0) is 15.7 Å². The fourth-order valence-corrected chi connectivity index (χ4v) is 2.62. The number of benzene rings is 2. The van der Waals surface area contributed by atoms with Crippen molar-refractivity contribution in [2.75, 3.05) is 5.73 Å². The molecule has 0 radical (unpaired) electrons. The van der Waals surface area contributed by atoms with Gasteiger partial charge < -0.3 is 5.73 Å². The summed E-state index contributed by atoms with van der Waals surface area (Å²) in [6, 6.07) is 13.1. The van der Waals surface area contributed by atoms with Crippen LogP contribution in [0.5, 0.6) is 0 Å². The van der Waals surface area contributed by atoms with Gasteiger partial charge in [0.2, 0.25) is 0 Å². The molecule has 0 fully saturated rings. The molecule has 6 nitrogen and oxygen atoms in total. The number of rotatable bonds is 5. The zero-order chi connectivity index (χ0) is 14.5. The third-order valence-electron chi connectivity index (χ3n) is 2.58. The van der Waals surface area contributed by atoms with Gasteiger partial charge in [0.25, 0.3) is 0 Å². The van der Waals surface area contributed by atoms with E-state index in [1.165, 1.54) is 18.2 Å². The fraction of sp³-hybridized carbons (Fsp3) is 0.0769. The third kappa shape index (κ3) is 3.38. The van der Waals surface area contributed by atoms with E-state index in [-0.39, 0.29) is 17.6 Å². The van der Waals surface area contributed by atoms with Crippen LogP contribution in [0.25, 0.3) is 0 Å². The van der Waals surface area contributed by atoms with Crippen molar-refractivity contribution in [1.82, 2.24) is 0 Å². The number of nitrogen functional groups attached to an aromatic ring is 1. The number of nitro groups is 1. The second-order valence-corrected chi connectivity index (χ2v) is 5.28. The van der Waals surface area contributed by atoms with Crippen LogP contribution in [0.15, 0.2) is 48.5 Å². The van der Waals surface area contributed by atoms with Crippen LogP contribution in [-0.4, -0.2) is 4.92 Å². The summed E-state index contributed by atoms with van der Waals surface area (Å²) in [4.78, 5) is 10.3. The topological polar surface area (TPSA) is 95.5 Å². The first-order chi connectivity index (χ1) is 9.58. The first-order valence-electron chi connectivity index (χ1n) is 5.76. The maximum absolute atomic E-state index is 12.1. The van der Waals surface area contributed by atoms with Gasteiger partial charge in [0.15, 0.2) is 0 Å². The maximum Gasteiger partial charge on any atom is 0.556 e. The molecule has 0 aliphatic carbocycles.